The summed E-state index contributed by atoms with van der Waals surface area (Å²) in [7, 11) is 0. The molecule has 0 spiro atoms. The van der Waals surface area contributed by atoms with Gasteiger partial charge in [-0.2, -0.15) is 13.2 Å². The fraction of sp³-hybridized carbons (Fsp3) is 0.364. The van der Waals surface area contributed by atoms with Gasteiger partial charge in [0, 0.05) is 12.2 Å². The van der Waals surface area contributed by atoms with Crippen LogP contribution in [0.4, 0.5) is 24.5 Å². The predicted molar refractivity (Wildman–Crippen MR) is 68.3 cm³/mol. The average Bonchev–Trinajstić information content (AvgIpc) is 2.24. The molecular formula is C11H13ClF3N3O. The number of carbonyl (C=O) groups is 1. The first-order valence-corrected chi connectivity index (χ1v) is 5.74. The van der Waals surface area contributed by atoms with Gasteiger partial charge in [-0.15, -0.1) is 0 Å². The zero-order valence-electron chi connectivity index (χ0n) is 10.1. The van der Waals surface area contributed by atoms with Crippen molar-refractivity contribution in [3.05, 3.63) is 22.7 Å². The molecule has 0 fully saturated rings. The summed E-state index contributed by atoms with van der Waals surface area (Å²) < 4.78 is 37.5. The monoisotopic (exact) mass is 295 g/mol. The summed E-state index contributed by atoms with van der Waals surface area (Å²) in [6.07, 6.45) is -4.42. The maximum Gasteiger partial charge on any atom is 0.405 e. The van der Waals surface area contributed by atoms with Crippen molar-refractivity contribution in [2.75, 3.05) is 23.7 Å². The number of halogens is 4. The van der Waals surface area contributed by atoms with Crippen molar-refractivity contribution in [1.82, 2.24) is 0 Å². The van der Waals surface area contributed by atoms with E-state index in [2.05, 4.69) is 0 Å². The van der Waals surface area contributed by atoms with Crippen molar-refractivity contribution in [2.24, 2.45) is 5.73 Å². The summed E-state index contributed by atoms with van der Waals surface area (Å²) in [4.78, 5) is 12.2. The van der Waals surface area contributed by atoms with Crippen LogP contribution in [0.3, 0.4) is 0 Å². The molecule has 106 valence electrons. The lowest BCUT2D eigenvalue weighted by molar-refractivity contribution is -0.119. The largest absolute Gasteiger partial charge is 0.405 e. The van der Waals surface area contributed by atoms with Crippen molar-refractivity contribution in [1.29, 1.82) is 0 Å². The third-order valence-electron chi connectivity index (χ3n) is 2.42. The number of nitrogen functional groups attached to an aromatic ring is 1. The molecule has 0 unspecified atom stereocenters. The van der Waals surface area contributed by atoms with Crippen molar-refractivity contribution >= 4 is 28.9 Å². The van der Waals surface area contributed by atoms with Crippen molar-refractivity contribution in [3.8, 4) is 0 Å². The molecule has 0 bridgehead atoms. The lowest BCUT2D eigenvalue weighted by Crippen LogP contribution is -2.35. The van der Waals surface area contributed by atoms with E-state index in [-0.39, 0.29) is 28.5 Å². The van der Waals surface area contributed by atoms with E-state index in [1.807, 2.05) is 0 Å². The van der Waals surface area contributed by atoms with Gasteiger partial charge in [-0.3, -0.25) is 4.79 Å². The minimum atomic E-state index is -4.42. The van der Waals surface area contributed by atoms with Gasteiger partial charge in [0.15, 0.2) is 0 Å². The average molecular weight is 296 g/mol. The van der Waals surface area contributed by atoms with Crippen molar-refractivity contribution in [2.45, 2.75) is 13.1 Å². The Morgan fingerprint density at radius 1 is 1.42 bits per heavy atom. The zero-order valence-corrected chi connectivity index (χ0v) is 10.8. The Hall–Kier alpha value is -1.63. The fourth-order valence-corrected chi connectivity index (χ4v) is 2.04. The summed E-state index contributed by atoms with van der Waals surface area (Å²) in [5.41, 5.74) is 10.6. The zero-order chi connectivity index (χ0) is 14.8. The topological polar surface area (TPSA) is 72.3 Å². The third kappa shape index (κ3) is 3.92. The molecule has 0 saturated carbocycles. The molecule has 4 nitrogen and oxygen atoms in total. The minimum Gasteiger partial charge on any atom is -0.399 e. The lowest BCUT2D eigenvalue weighted by Gasteiger charge is -2.27. The Balaban J connectivity index is 3.34. The number of nitrogens with zero attached hydrogens (tertiary/aromatic N) is 1. The Bertz CT molecular complexity index is 491. The second-order valence-corrected chi connectivity index (χ2v) is 4.30. The van der Waals surface area contributed by atoms with Crippen LogP contribution in [0.5, 0.6) is 0 Å². The summed E-state index contributed by atoms with van der Waals surface area (Å²) in [6, 6.07) is 2.49. The quantitative estimate of drug-likeness (QED) is 0.838. The predicted octanol–water partition coefficient (Wildman–Crippen LogP) is 2.41. The number of nitrogens with two attached hydrogens (primary N) is 2. The van der Waals surface area contributed by atoms with E-state index in [0.29, 0.717) is 0 Å². The second kappa shape index (κ2) is 5.56. The molecule has 8 heteroatoms. The molecule has 1 rings (SSSR count). The summed E-state index contributed by atoms with van der Waals surface area (Å²) >= 11 is 5.88. The van der Waals surface area contributed by atoms with Crippen LogP contribution in [-0.4, -0.2) is 25.2 Å². The van der Waals surface area contributed by atoms with Crippen molar-refractivity contribution in [3.63, 3.8) is 0 Å². The number of carbonyl (C=O) groups excluding carboxylic acids is 1. The highest BCUT2D eigenvalue weighted by Gasteiger charge is 2.32. The van der Waals surface area contributed by atoms with Crippen LogP contribution in [0.1, 0.15) is 17.3 Å². The van der Waals surface area contributed by atoms with E-state index in [1.54, 1.807) is 0 Å². The second-order valence-electron chi connectivity index (χ2n) is 3.89. The number of rotatable bonds is 4. The number of benzene rings is 1. The first-order chi connectivity index (χ1) is 8.65. The number of hydrogen-bond donors (Lipinski definition) is 2. The normalized spacial score (nSPS) is 11.4. The highest BCUT2D eigenvalue weighted by Crippen LogP contribution is 2.34. The van der Waals surface area contributed by atoms with Gasteiger partial charge in [0.25, 0.3) is 5.91 Å². The Labute approximate surface area is 113 Å². The number of alkyl halides is 3. The van der Waals surface area contributed by atoms with E-state index in [4.69, 9.17) is 23.1 Å². The third-order valence-corrected chi connectivity index (χ3v) is 2.71. The maximum absolute atomic E-state index is 12.5. The molecule has 0 aliphatic carbocycles. The first kappa shape index (κ1) is 15.4. The molecular weight excluding hydrogens is 283 g/mol. The van der Waals surface area contributed by atoms with Crippen LogP contribution in [0.25, 0.3) is 0 Å². The van der Waals surface area contributed by atoms with Gasteiger partial charge in [-0.05, 0) is 19.1 Å². The number of amides is 1. The van der Waals surface area contributed by atoms with Crippen LogP contribution in [0, 0.1) is 0 Å². The van der Waals surface area contributed by atoms with Crippen LogP contribution in [0.15, 0.2) is 12.1 Å². The standard InChI is InChI=1S/C11H13ClF3N3O/c1-2-18(5-11(13,14)15)9-7(10(17)19)3-6(16)4-8(9)12/h3-4H,2,5,16H2,1H3,(H2,17,19). The number of anilines is 2. The molecule has 0 atom stereocenters. The van der Waals surface area contributed by atoms with E-state index in [0.717, 1.165) is 4.90 Å². The summed E-state index contributed by atoms with van der Waals surface area (Å²) in [5.74, 6) is -0.884. The highest BCUT2D eigenvalue weighted by atomic mass is 35.5. The van der Waals surface area contributed by atoms with Gasteiger partial charge in [0.05, 0.1) is 16.3 Å². The van der Waals surface area contributed by atoms with Gasteiger partial charge in [0.2, 0.25) is 0 Å². The van der Waals surface area contributed by atoms with Crippen LogP contribution < -0.4 is 16.4 Å². The number of primary amides is 1. The minimum absolute atomic E-state index is 0.0173. The first-order valence-electron chi connectivity index (χ1n) is 5.36. The molecule has 0 saturated heterocycles. The van der Waals surface area contributed by atoms with E-state index in [9.17, 15) is 18.0 Å². The van der Waals surface area contributed by atoms with Gasteiger partial charge in [-0.25, -0.2) is 0 Å². The molecule has 0 aromatic heterocycles. The highest BCUT2D eigenvalue weighted by molar-refractivity contribution is 6.34. The van der Waals surface area contributed by atoms with Crippen LogP contribution >= 0.6 is 11.6 Å². The summed E-state index contributed by atoms with van der Waals surface area (Å²) in [5, 5.41) is -0.0418. The molecule has 0 radical (unpaired) electrons. The molecule has 1 aromatic carbocycles. The molecule has 1 amide bonds. The van der Waals surface area contributed by atoms with Gasteiger partial charge in [-0.1, -0.05) is 11.6 Å². The van der Waals surface area contributed by atoms with E-state index < -0.39 is 18.6 Å². The van der Waals surface area contributed by atoms with Gasteiger partial charge >= 0.3 is 6.18 Å². The molecule has 19 heavy (non-hydrogen) atoms. The Kier molecular flexibility index (Phi) is 4.52. The molecule has 1 aromatic rings. The molecule has 0 aliphatic rings. The Morgan fingerprint density at radius 2 is 2.00 bits per heavy atom. The Morgan fingerprint density at radius 3 is 2.42 bits per heavy atom. The van der Waals surface area contributed by atoms with Crippen molar-refractivity contribution < 1.29 is 18.0 Å². The maximum atomic E-state index is 12.5. The molecule has 0 aliphatic heterocycles. The molecule has 4 N–H and O–H groups in total. The SMILES string of the molecule is CCN(CC(F)(F)F)c1c(Cl)cc(N)cc1C(N)=O. The van der Waals surface area contributed by atoms with E-state index >= 15 is 0 Å². The molecule has 0 heterocycles. The summed E-state index contributed by atoms with van der Waals surface area (Å²) in [6.45, 7) is 0.306. The smallest absolute Gasteiger partial charge is 0.399 e. The van der Waals surface area contributed by atoms with Crippen LogP contribution in [-0.2, 0) is 0 Å². The van der Waals surface area contributed by atoms with Gasteiger partial charge < -0.3 is 16.4 Å². The van der Waals surface area contributed by atoms with Crippen LogP contribution in [0.2, 0.25) is 5.02 Å². The fourth-order valence-electron chi connectivity index (χ4n) is 1.69. The van der Waals surface area contributed by atoms with Gasteiger partial charge in [0.1, 0.15) is 6.54 Å². The lowest BCUT2D eigenvalue weighted by atomic mass is 10.1. The van der Waals surface area contributed by atoms with E-state index in [1.165, 1.54) is 19.1 Å². The number of hydrogen-bond acceptors (Lipinski definition) is 3.